The van der Waals surface area contributed by atoms with E-state index in [0.29, 0.717) is 17.7 Å². The van der Waals surface area contributed by atoms with Crippen LogP contribution in [0.3, 0.4) is 0 Å². The van der Waals surface area contributed by atoms with Crippen LogP contribution in [0.2, 0.25) is 5.02 Å². The molecule has 2 heterocycles. The Bertz CT molecular complexity index is 619. The molecular weight excluding hydrogens is 288 g/mol. The smallest absolute Gasteiger partial charge is 0.138 e. The number of aromatic nitrogens is 3. The van der Waals surface area contributed by atoms with E-state index in [1.165, 1.54) is 12.8 Å². The number of aryl methyl sites for hydroxylation is 2. The molecule has 0 spiro atoms. The highest BCUT2D eigenvalue weighted by atomic mass is 35.5. The third-order valence-electron chi connectivity index (χ3n) is 3.58. The highest BCUT2D eigenvalue weighted by molar-refractivity contribution is 6.31. The minimum Gasteiger partial charge on any atom is -0.486 e. The summed E-state index contributed by atoms with van der Waals surface area (Å²) in [6.07, 6.45) is 4.32. The molecule has 0 saturated heterocycles. The lowest BCUT2D eigenvalue weighted by atomic mass is 10.3. The predicted molar refractivity (Wildman–Crippen MR) is 81.4 cm³/mol. The van der Waals surface area contributed by atoms with Crippen LogP contribution in [0.5, 0.6) is 5.75 Å². The lowest BCUT2D eigenvalue weighted by Crippen LogP contribution is -2.16. The highest BCUT2D eigenvalue weighted by Crippen LogP contribution is 2.22. The van der Waals surface area contributed by atoms with Crippen LogP contribution >= 0.6 is 11.6 Å². The van der Waals surface area contributed by atoms with Crippen molar-refractivity contribution in [1.82, 2.24) is 20.1 Å². The molecule has 1 saturated carbocycles. The van der Waals surface area contributed by atoms with Gasteiger partial charge in [-0.2, -0.15) is 5.10 Å². The van der Waals surface area contributed by atoms with Crippen LogP contribution < -0.4 is 10.1 Å². The number of ether oxygens (including phenoxy) is 1. The van der Waals surface area contributed by atoms with Gasteiger partial charge in [-0.05, 0) is 31.9 Å². The number of halogens is 1. The first-order valence-electron chi connectivity index (χ1n) is 7.12. The lowest BCUT2D eigenvalue weighted by molar-refractivity contribution is 0.293. The predicted octanol–water partition coefficient (Wildman–Crippen LogP) is 2.61. The number of nitrogens with zero attached hydrogens (tertiary/aromatic N) is 3. The van der Waals surface area contributed by atoms with Crippen molar-refractivity contribution in [2.45, 2.75) is 39.0 Å². The Kier molecular flexibility index (Phi) is 4.12. The van der Waals surface area contributed by atoms with E-state index in [0.717, 1.165) is 29.4 Å². The molecule has 0 amide bonds. The number of hydrogen-bond acceptors (Lipinski definition) is 4. The zero-order valence-corrected chi connectivity index (χ0v) is 13.0. The van der Waals surface area contributed by atoms with Gasteiger partial charge in [0.25, 0.3) is 0 Å². The number of pyridine rings is 1. The van der Waals surface area contributed by atoms with Crippen LogP contribution in [0.25, 0.3) is 0 Å². The Labute approximate surface area is 129 Å². The molecule has 0 atom stereocenters. The molecule has 112 valence electrons. The molecule has 0 radical (unpaired) electrons. The van der Waals surface area contributed by atoms with Crippen LogP contribution in [-0.2, 0) is 20.2 Å². The zero-order valence-electron chi connectivity index (χ0n) is 12.3. The summed E-state index contributed by atoms with van der Waals surface area (Å²) in [4.78, 5) is 4.40. The fourth-order valence-corrected chi connectivity index (χ4v) is 2.34. The Morgan fingerprint density at radius 2 is 2.24 bits per heavy atom. The summed E-state index contributed by atoms with van der Waals surface area (Å²) >= 11 is 6.20. The Morgan fingerprint density at radius 3 is 2.81 bits per heavy atom. The van der Waals surface area contributed by atoms with Gasteiger partial charge in [0.2, 0.25) is 0 Å². The van der Waals surface area contributed by atoms with E-state index in [4.69, 9.17) is 16.3 Å². The van der Waals surface area contributed by atoms with Crippen molar-refractivity contribution in [1.29, 1.82) is 0 Å². The molecule has 5 nitrogen and oxygen atoms in total. The van der Waals surface area contributed by atoms with E-state index in [1.807, 2.05) is 26.1 Å². The maximum Gasteiger partial charge on any atom is 0.138 e. The minimum atomic E-state index is 0.386. The van der Waals surface area contributed by atoms with E-state index in [2.05, 4.69) is 15.4 Å². The normalized spacial score (nSPS) is 14.4. The van der Waals surface area contributed by atoms with Crippen LogP contribution in [0.15, 0.2) is 18.3 Å². The van der Waals surface area contributed by atoms with E-state index >= 15 is 0 Å². The summed E-state index contributed by atoms with van der Waals surface area (Å²) in [5, 5.41) is 8.36. The summed E-state index contributed by atoms with van der Waals surface area (Å²) in [6, 6.07) is 4.62. The van der Waals surface area contributed by atoms with Crippen LogP contribution in [0.1, 0.15) is 29.9 Å². The highest BCUT2D eigenvalue weighted by Gasteiger charge is 2.20. The summed E-state index contributed by atoms with van der Waals surface area (Å²) < 4.78 is 7.48. The van der Waals surface area contributed by atoms with E-state index in [9.17, 15) is 0 Å². The second-order valence-corrected chi connectivity index (χ2v) is 5.78. The van der Waals surface area contributed by atoms with Crippen LogP contribution in [0.4, 0.5) is 0 Å². The third-order valence-corrected chi connectivity index (χ3v) is 4.08. The van der Waals surface area contributed by atoms with Gasteiger partial charge in [-0.25, -0.2) is 0 Å². The van der Waals surface area contributed by atoms with Gasteiger partial charge < -0.3 is 10.1 Å². The zero-order chi connectivity index (χ0) is 14.8. The second kappa shape index (κ2) is 6.03. The maximum atomic E-state index is 6.20. The molecular formula is C15H19ClN4O. The summed E-state index contributed by atoms with van der Waals surface area (Å²) in [6.45, 7) is 3.09. The molecule has 3 rings (SSSR count). The number of rotatable bonds is 6. The van der Waals surface area contributed by atoms with E-state index in [1.54, 1.807) is 10.9 Å². The SMILES string of the molecule is Cc1nn(C)c(COc2ccc(CNC3CC3)nc2)c1Cl. The van der Waals surface area contributed by atoms with Crippen molar-refractivity contribution in [2.24, 2.45) is 7.05 Å². The quantitative estimate of drug-likeness (QED) is 0.891. The standard InChI is InChI=1S/C15H19ClN4O/c1-10-15(16)14(20(2)19-10)9-21-13-6-5-12(18-8-13)7-17-11-3-4-11/h5-6,8,11,17H,3-4,7,9H2,1-2H3. The molecule has 0 bridgehead atoms. The molecule has 2 aromatic heterocycles. The van der Waals surface area contributed by atoms with Gasteiger partial charge >= 0.3 is 0 Å². The molecule has 6 heteroatoms. The number of nitrogens with one attached hydrogen (secondary N) is 1. The van der Waals surface area contributed by atoms with Gasteiger partial charge in [0, 0.05) is 19.6 Å². The van der Waals surface area contributed by atoms with Crippen molar-refractivity contribution < 1.29 is 4.74 Å². The Balaban J connectivity index is 1.57. The summed E-state index contributed by atoms with van der Waals surface area (Å²) in [5.74, 6) is 0.736. The topological polar surface area (TPSA) is 52.0 Å². The molecule has 1 fully saturated rings. The summed E-state index contributed by atoms with van der Waals surface area (Å²) in [7, 11) is 1.86. The van der Waals surface area contributed by atoms with Gasteiger partial charge in [0.1, 0.15) is 12.4 Å². The van der Waals surface area contributed by atoms with Gasteiger partial charge in [-0.15, -0.1) is 0 Å². The molecule has 2 aromatic rings. The van der Waals surface area contributed by atoms with Gasteiger partial charge in [-0.1, -0.05) is 11.6 Å². The molecule has 1 N–H and O–H groups in total. The van der Waals surface area contributed by atoms with E-state index < -0.39 is 0 Å². The van der Waals surface area contributed by atoms with Crippen molar-refractivity contribution in [3.63, 3.8) is 0 Å². The monoisotopic (exact) mass is 306 g/mol. The van der Waals surface area contributed by atoms with Crippen LogP contribution in [0, 0.1) is 6.92 Å². The molecule has 0 unspecified atom stereocenters. The van der Waals surface area contributed by atoms with Gasteiger partial charge in [0.05, 0.1) is 28.3 Å². The minimum absolute atomic E-state index is 0.386. The first kappa shape index (κ1) is 14.4. The molecule has 1 aliphatic carbocycles. The average Bonchev–Trinajstić information content (AvgIpc) is 3.26. The van der Waals surface area contributed by atoms with Gasteiger partial charge in [0.15, 0.2) is 0 Å². The fourth-order valence-electron chi connectivity index (χ4n) is 2.13. The Morgan fingerprint density at radius 1 is 1.43 bits per heavy atom. The lowest BCUT2D eigenvalue weighted by Gasteiger charge is -2.08. The average molecular weight is 307 g/mol. The second-order valence-electron chi connectivity index (χ2n) is 5.40. The number of hydrogen-bond donors (Lipinski definition) is 1. The third kappa shape index (κ3) is 3.54. The van der Waals surface area contributed by atoms with Gasteiger partial charge in [-0.3, -0.25) is 9.67 Å². The van der Waals surface area contributed by atoms with Crippen molar-refractivity contribution in [3.05, 3.63) is 40.4 Å². The molecule has 0 aromatic carbocycles. The van der Waals surface area contributed by atoms with E-state index in [-0.39, 0.29) is 0 Å². The molecule has 21 heavy (non-hydrogen) atoms. The Hall–Kier alpha value is -1.59. The largest absolute Gasteiger partial charge is 0.486 e. The molecule has 1 aliphatic rings. The fraction of sp³-hybridized carbons (Fsp3) is 0.467. The molecule has 0 aliphatic heterocycles. The summed E-state index contributed by atoms with van der Waals surface area (Å²) in [5.41, 5.74) is 2.72. The first-order valence-corrected chi connectivity index (χ1v) is 7.50. The maximum absolute atomic E-state index is 6.20. The first-order chi connectivity index (χ1) is 10.1. The van der Waals surface area contributed by atoms with Crippen LogP contribution in [-0.4, -0.2) is 20.8 Å². The van der Waals surface area contributed by atoms with Crippen molar-refractivity contribution >= 4 is 11.6 Å². The van der Waals surface area contributed by atoms with Crippen molar-refractivity contribution in [3.8, 4) is 5.75 Å². The van der Waals surface area contributed by atoms with Crippen molar-refractivity contribution in [2.75, 3.05) is 0 Å².